The number of halogens is 1. The number of aromatic nitrogens is 3. The summed E-state index contributed by atoms with van der Waals surface area (Å²) in [5.41, 5.74) is 7.32. The summed E-state index contributed by atoms with van der Waals surface area (Å²) in [6.45, 7) is 1.90. The van der Waals surface area contributed by atoms with Gasteiger partial charge in [0.05, 0.1) is 10.2 Å². The van der Waals surface area contributed by atoms with E-state index in [-0.39, 0.29) is 0 Å². The van der Waals surface area contributed by atoms with E-state index in [1.54, 1.807) is 16.8 Å². The van der Waals surface area contributed by atoms with Gasteiger partial charge in [-0.2, -0.15) is 9.61 Å². The second kappa shape index (κ2) is 2.45. The average Bonchev–Trinajstić information content (AvgIpc) is 2.32. The predicted molar refractivity (Wildman–Crippen MR) is 49.8 cm³/mol. The largest absolute Gasteiger partial charge is 0.384 e. The molecule has 0 amide bonds. The molecule has 2 N–H and O–H groups in total. The standard InChI is InChI=1S/C7H7BrN4/c1-4-6(8)7-10-3-2-5(9)12(7)11-4/h2-3H,9H2,1H3. The summed E-state index contributed by atoms with van der Waals surface area (Å²) in [6, 6.07) is 1.71. The first kappa shape index (κ1) is 7.54. The number of nitrogens with zero attached hydrogens (tertiary/aromatic N) is 3. The number of fused-ring (bicyclic) bond motifs is 1. The van der Waals surface area contributed by atoms with E-state index in [4.69, 9.17) is 5.73 Å². The Hall–Kier alpha value is -1.10. The minimum absolute atomic E-state index is 0.591. The molecule has 0 saturated carbocycles. The number of aryl methyl sites for hydroxylation is 1. The van der Waals surface area contributed by atoms with Crippen molar-refractivity contribution in [3.05, 3.63) is 22.4 Å². The van der Waals surface area contributed by atoms with Gasteiger partial charge in [-0.05, 0) is 28.9 Å². The monoisotopic (exact) mass is 226 g/mol. The molecule has 2 aromatic rings. The third-order valence-corrected chi connectivity index (χ3v) is 2.58. The van der Waals surface area contributed by atoms with Crippen molar-refractivity contribution in [1.82, 2.24) is 14.6 Å². The lowest BCUT2D eigenvalue weighted by Gasteiger charge is -1.95. The van der Waals surface area contributed by atoms with Crippen LogP contribution in [0.25, 0.3) is 5.65 Å². The quantitative estimate of drug-likeness (QED) is 0.739. The Morgan fingerprint density at radius 3 is 3.00 bits per heavy atom. The van der Waals surface area contributed by atoms with Gasteiger partial charge in [0.2, 0.25) is 0 Å². The molecule has 62 valence electrons. The lowest BCUT2D eigenvalue weighted by molar-refractivity contribution is 0.929. The fraction of sp³-hybridized carbons (Fsp3) is 0.143. The molecular formula is C7H7BrN4. The molecule has 0 atom stereocenters. The topological polar surface area (TPSA) is 56.2 Å². The van der Waals surface area contributed by atoms with Gasteiger partial charge in [0, 0.05) is 6.20 Å². The first-order valence-corrected chi connectivity index (χ1v) is 4.25. The molecule has 12 heavy (non-hydrogen) atoms. The van der Waals surface area contributed by atoms with Crippen molar-refractivity contribution in [1.29, 1.82) is 0 Å². The molecule has 5 heteroatoms. The van der Waals surface area contributed by atoms with E-state index < -0.39 is 0 Å². The molecular weight excluding hydrogens is 220 g/mol. The molecule has 2 rings (SSSR count). The number of nitrogens with two attached hydrogens (primary N) is 1. The number of rotatable bonds is 0. The molecule has 0 aliphatic carbocycles. The molecule has 0 saturated heterocycles. The van der Waals surface area contributed by atoms with Crippen LogP contribution >= 0.6 is 15.9 Å². The molecule has 0 bridgehead atoms. The first-order chi connectivity index (χ1) is 5.70. The molecule has 0 aliphatic heterocycles. The Balaban J connectivity index is 2.95. The summed E-state index contributed by atoms with van der Waals surface area (Å²) in [5.74, 6) is 0.591. The molecule has 0 aromatic carbocycles. The molecule has 0 spiro atoms. The highest BCUT2D eigenvalue weighted by Crippen LogP contribution is 2.21. The van der Waals surface area contributed by atoms with E-state index >= 15 is 0 Å². The van der Waals surface area contributed by atoms with E-state index in [0.29, 0.717) is 5.82 Å². The molecule has 0 aliphatic rings. The van der Waals surface area contributed by atoms with Gasteiger partial charge in [-0.15, -0.1) is 0 Å². The highest BCUT2D eigenvalue weighted by molar-refractivity contribution is 9.10. The number of nitrogen functional groups attached to an aromatic ring is 1. The average molecular weight is 227 g/mol. The Bertz CT molecular complexity index is 434. The molecule has 0 unspecified atom stereocenters. The van der Waals surface area contributed by atoms with Crippen molar-refractivity contribution < 1.29 is 0 Å². The van der Waals surface area contributed by atoms with Crippen LogP contribution in [0, 0.1) is 6.92 Å². The van der Waals surface area contributed by atoms with Crippen LogP contribution in [-0.4, -0.2) is 14.6 Å². The third-order valence-electron chi connectivity index (χ3n) is 1.65. The first-order valence-electron chi connectivity index (χ1n) is 3.45. The second-order valence-corrected chi connectivity index (χ2v) is 3.30. The lowest BCUT2D eigenvalue weighted by Crippen LogP contribution is -1.98. The summed E-state index contributed by atoms with van der Waals surface area (Å²) < 4.78 is 2.51. The smallest absolute Gasteiger partial charge is 0.171 e. The lowest BCUT2D eigenvalue weighted by atomic mass is 10.5. The van der Waals surface area contributed by atoms with Crippen LogP contribution < -0.4 is 5.73 Å². The van der Waals surface area contributed by atoms with E-state index in [1.807, 2.05) is 6.92 Å². The molecule has 0 radical (unpaired) electrons. The zero-order valence-electron chi connectivity index (χ0n) is 6.45. The van der Waals surface area contributed by atoms with Gasteiger partial charge in [0.1, 0.15) is 5.82 Å². The maximum Gasteiger partial charge on any atom is 0.171 e. The van der Waals surface area contributed by atoms with Crippen LogP contribution in [0.4, 0.5) is 5.82 Å². The Morgan fingerprint density at radius 2 is 2.33 bits per heavy atom. The number of hydrogen-bond donors (Lipinski definition) is 1. The van der Waals surface area contributed by atoms with Gasteiger partial charge in [0.25, 0.3) is 0 Å². The van der Waals surface area contributed by atoms with Gasteiger partial charge >= 0.3 is 0 Å². The van der Waals surface area contributed by atoms with Crippen LogP contribution in [0.15, 0.2) is 16.7 Å². The second-order valence-electron chi connectivity index (χ2n) is 2.50. The van der Waals surface area contributed by atoms with Crippen LogP contribution in [0.3, 0.4) is 0 Å². The Kier molecular flexibility index (Phi) is 1.54. The number of hydrogen-bond acceptors (Lipinski definition) is 3. The Morgan fingerprint density at radius 1 is 1.58 bits per heavy atom. The molecule has 2 aromatic heterocycles. The molecule has 2 heterocycles. The zero-order valence-corrected chi connectivity index (χ0v) is 8.04. The summed E-state index contributed by atoms with van der Waals surface area (Å²) >= 11 is 3.38. The minimum Gasteiger partial charge on any atom is -0.384 e. The highest BCUT2D eigenvalue weighted by Gasteiger charge is 2.07. The predicted octanol–water partition coefficient (Wildman–Crippen LogP) is 1.38. The summed E-state index contributed by atoms with van der Waals surface area (Å²) in [5, 5.41) is 4.19. The van der Waals surface area contributed by atoms with Gasteiger partial charge in [0.15, 0.2) is 5.65 Å². The highest BCUT2D eigenvalue weighted by atomic mass is 79.9. The zero-order chi connectivity index (χ0) is 8.72. The summed E-state index contributed by atoms with van der Waals surface area (Å²) in [6.07, 6.45) is 1.66. The fourth-order valence-electron chi connectivity index (χ4n) is 1.04. The van der Waals surface area contributed by atoms with Crippen LogP contribution in [-0.2, 0) is 0 Å². The molecule has 4 nitrogen and oxygen atoms in total. The van der Waals surface area contributed by atoms with E-state index in [1.165, 1.54) is 0 Å². The van der Waals surface area contributed by atoms with E-state index in [2.05, 4.69) is 26.0 Å². The van der Waals surface area contributed by atoms with E-state index in [9.17, 15) is 0 Å². The van der Waals surface area contributed by atoms with Crippen LogP contribution in [0.2, 0.25) is 0 Å². The molecule has 0 fully saturated rings. The van der Waals surface area contributed by atoms with Crippen LogP contribution in [0.5, 0.6) is 0 Å². The van der Waals surface area contributed by atoms with Crippen molar-refractivity contribution in [2.75, 3.05) is 5.73 Å². The van der Waals surface area contributed by atoms with E-state index in [0.717, 1.165) is 15.8 Å². The maximum atomic E-state index is 5.68. The number of anilines is 1. The van der Waals surface area contributed by atoms with Crippen molar-refractivity contribution in [3.63, 3.8) is 0 Å². The minimum atomic E-state index is 0.591. The van der Waals surface area contributed by atoms with Gasteiger partial charge in [-0.1, -0.05) is 0 Å². The van der Waals surface area contributed by atoms with Crippen molar-refractivity contribution in [3.8, 4) is 0 Å². The van der Waals surface area contributed by atoms with Gasteiger partial charge < -0.3 is 5.73 Å². The maximum absolute atomic E-state index is 5.68. The van der Waals surface area contributed by atoms with Crippen molar-refractivity contribution in [2.24, 2.45) is 0 Å². The summed E-state index contributed by atoms with van der Waals surface area (Å²) in [7, 11) is 0. The SMILES string of the molecule is Cc1nn2c(N)ccnc2c1Br. The van der Waals surface area contributed by atoms with Crippen molar-refractivity contribution in [2.45, 2.75) is 6.92 Å². The Labute approximate surface area is 77.5 Å². The summed E-state index contributed by atoms with van der Waals surface area (Å²) in [4.78, 5) is 4.14. The van der Waals surface area contributed by atoms with Crippen LogP contribution in [0.1, 0.15) is 5.69 Å². The normalized spacial score (nSPS) is 10.8. The fourth-order valence-corrected chi connectivity index (χ4v) is 1.39. The van der Waals surface area contributed by atoms with Gasteiger partial charge in [-0.25, -0.2) is 4.98 Å². The van der Waals surface area contributed by atoms with Crippen molar-refractivity contribution >= 4 is 27.4 Å². The van der Waals surface area contributed by atoms with Gasteiger partial charge in [-0.3, -0.25) is 0 Å². The third kappa shape index (κ3) is 0.896.